The number of anilines is 2. The number of fused-ring (bicyclic) bond motifs is 1. The van der Waals surface area contributed by atoms with Crippen molar-refractivity contribution in [3.63, 3.8) is 0 Å². The van der Waals surface area contributed by atoms with Crippen molar-refractivity contribution in [1.82, 2.24) is 0 Å². The molecular formula is C25H26N2O5S. The number of aryl methyl sites for hydroxylation is 2. The Morgan fingerprint density at radius 2 is 1.58 bits per heavy atom. The summed E-state index contributed by atoms with van der Waals surface area (Å²) < 4.78 is 37.6. The fraction of sp³-hybridized carbons (Fsp3) is 0.240. The first-order valence-electron chi connectivity index (χ1n) is 10.6. The molecular weight excluding hydrogens is 440 g/mol. The summed E-state index contributed by atoms with van der Waals surface area (Å²) in [6, 6.07) is 17.9. The number of carbonyl (C=O) groups excluding carboxylic acids is 1. The van der Waals surface area contributed by atoms with Gasteiger partial charge in [-0.05, 0) is 54.8 Å². The van der Waals surface area contributed by atoms with E-state index in [1.165, 1.54) is 10.6 Å². The molecule has 172 valence electrons. The van der Waals surface area contributed by atoms with Crippen LogP contribution in [-0.2, 0) is 16.6 Å². The van der Waals surface area contributed by atoms with Crippen LogP contribution < -0.4 is 19.1 Å². The molecule has 1 amide bonds. The third kappa shape index (κ3) is 5.12. The van der Waals surface area contributed by atoms with Gasteiger partial charge >= 0.3 is 0 Å². The van der Waals surface area contributed by atoms with Gasteiger partial charge in [0, 0.05) is 17.3 Å². The van der Waals surface area contributed by atoms with Crippen molar-refractivity contribution in [1.29, 1.82) is 0 Å². The summed E-state index contributed by atoms with van der Waals surface area (Å²) in [6.07, 6.45) is 1.20. The minimum absolute atomic E-state index is 0.175. The van der Waals surface area contributed by atoms with Crippen LogP contribution in [0.15, 0.2) is 60.7 Å². The number of amides is 1. The lowest BCUT2D eigenvalue weighted by molar-refractivity contribution is 0.102. The van der Waals surface area contributed by atoms with Gasteiger partial charge in [-0.25, -0.2) is 8.42 Å². The molecule has 0 unspecified atom stereocenters. The van der Waals surface area contributed by atoms with Gasteiger partial charge in [-0.1, -0.05) is 30.3 Å². The molecule has 0 aromatic heterocycles. The topological polar surface area (TPSA) is 84.9 Å². The zero-order valence-corrected chi connectivity index (χ0v) is 19.6. The zero-order valence-electron chi connectivity index (χ0n) is 18.8. The Hall–Kier alpha value is -3.52. The highest BCUT2D eigenvalue weighted by atomic mass is 32.2. The molecule has 4 rings (SSSR count). The fourth-order valence-electron chi connectivity index (χ4n) is 3.81. The van der Waals surface area contributed by atoms with Gasteiger partial charge in [0.25, 0.3) is 5.91 Å². The minimum Gasteiger partial charge on any atom is -0.486 e. The Kier molecular flexibility index (Phi) is 6.29. The maximum atomic E-state index is 12.7. The molecule has 0 fully saturated rings. The zero-order chi connectivity index (χ0) is 23.6. The Bertz CT molecular complexity index is 1270. The Balaban J connectivity index is 1.51. The molecule has 8 heteroatoms. The molecule has 0 saturated heterocycles. The van der Waals surface area contributed by atoms with Gasteiger partial charge < -0.3 is 14.8 Å². The molecule has 0 aliphatic carbocycles. The standard InChI is InChI=1S/C25H26N2O5S/c1-17-5-4-6-18(2)24(17)27(33(3,29)30)16-19-7-9-20(10-8-19)25(28)26-21-11-12-22-23(15-21)32-14-13-31-22/h4-12,15H,13-14,16H2,1-3H3,(H,26,28). The maximum absolute atomic E-state index is 12.7. The van der Waals surface area contributed by atoms with Crippen molar-refractivity contribution >= 4 is 27.3 Å². The number of hydrogen-bond acceptors (Lipinski definition) is 5. The number of rotatable bonds is 6. The SMILES string of the molecule is Cc1cccc(C)c1N(Cc1ccc(C(=O)Nc2ccc3c(c2)OCCO3)cc1)S(C)(=O)=O. The van der Waals surface area contributed by atoms with E-state index in [0.717, 1.165) is 16.7 Å². The molecule has 33 heavy (non-hydrogen) atoms. The van der Waals surface area contributed by atoms with E-state index in [0.29, 0.717) is 41.7 Å². The minimum atomic E-state index is -3.50. The lowest BCUT2D eigenvalue weighted by Crippen LogP contribution is -2.30. The lowest BCUT2D eigenvalue weighted by atomic mass is 10.1. The molecule has 0 saturated carbocycles. The molecule has 3 aromatic carbocycles. The molecule has 3 aromatic rings. The van der Waals surface area contributed by atoms with E-state index in [1.807, 2.05) is 32.0 Å². The number of sulfonamides is 1. The van der Waals surface area contributed by atoms with Crippen molar-refractivity contribution in [2.45, 2.75) is 20.4 Å². The summed E-state index contributed by atoms with van der Waals surface area (Å²) in [6.45, 7) is 4.94. The van der Waals surface area contributed by atoms with Crippen LogP contribution in [0.1, 0.15) is 27.0 Å². The third-order valence-electron chi connectivity index (χ3n) is 5.43. The highest BCUT2D eigenvalue weighted by Gasteiger charge is 2.21. The van der Waals surface area contributed by atoms with Gasteiger partial charge in [0.1, 0.15) is 13.2 Å². The number of ether oxygens (including phenoxy) is 2. The quantitative estimate of drug-likeness (QED) is 0.586. The van der Waals surface area contributed by atoms with E-state index >= 15 is 0 Å². The number of carbonyl (C=O) groups is 1. The van der Waals surface area contributed by atoms with Crippen LogP contribution in [0.3, 0.4) is 0 Å². The predicted molar refractivity (Wildman–Crippen MR) is 129 cm³/mol. The van der Waals surface area contributed by atoms with Crippen LogP contribution >= 0.6 is 0 Å². The number of nitrogens with one attached hydrogen (secondary N) is 1. The molecule has 0 bridgehead atoms. The van der Waals surface area contributed by atoms with E-state index in [-0.39, 0.29) is 12.5 Å². The van der Waals surface area contributed by atoms with Gasteiger partial charge in [-0.3, -0.25) is 9.10 Å². The van der Waals surface area contributed by atoms with Gasteiger partial charge in [-0.15, -0.1) is 0 Å². The smallest absolute Gasteiger partial charge is 0.255 e. The molecule has 1 heterocycles. The van der Waals surface area contributed by atoms with E-state index in [1.54, 1.807) is 42.5 Å². The average Bonchev–Trinajstić information content (AvgIpc) is 2.78. The van der Waals surface area contributed by atoms with E-state index < -0.39 is 10.0 Å². The van der Waals surface area contributed by atoms with Crippen LogP contribution in [-0.4, -0.2) is 33.8 Å². The van der Waals surface area contributed by atoms with E-state index in [9.17, 15) is 13.2 Å². The first kappa shape index (κ1) is 22.7. The van der Waals surface area contributed by atoms with Gasteiger partial charge in [0.2, 0.25) is 10.0 Å². The molecule has 0 radical (unpaired) electrons. The van der Waals surface area contributed by atoms with Crippen LogP contribution in [0.5, 0.6) is 11.5 Å². The first-order chi connectivity index (χ1) is 15.7. The Labute approximate surface area is 194 Å². The second-order valence-corrected chi connectivity index (χ2v) is 9.93. The van der Waals surface area contributed by atoms with Crippen molar-refractivity contribution in [2.75, 3.05) is 29.1 Å². The van der Waals surface area contributed by atoms with Crippen molar-refractivity contribution in [2.24, 2.45) is 0 Å². The number of nitrogens with zero attached hydrogens (tertiary/aromatic N) is 1. The number of benzene rings is 3. The summed E-state index contributed by atoms with van der Waals surface area (Å²) in [7, 11) is -3.50. The second-order valence-electron chi connectivity index (χ2n) is 8.02. The van der Waals surface area contributed by atoms with E-state index in [4.69, 9.17) is 9.47 Å². The molecule has 0 atom stereocenters. The highest BCUT2D eigenvalue weighted by Crippen LogP contribution is 2.33. The van der Waals surface area contributed by atoms with Gasteiger partial charge in [0.05, 0.1) is 18.5 Å². The van der Waals surface area contributed by atoms with Gasteiger partial charge in [0.15, 0.2) is 11.5 Å². The number of para-hydroxylation sites is 1. The van der Waals surface area contributed by atoms with Crippen LogP contribution in [0.25, 0.3) is 0 Å². The monoisotopic (exact) mass is 466 g/mol. The molecule has 1 N–H and O–H groups in total. The second kappa shape index (κ2) is 9.15. The molecule has 1 aliphatic rings. The van der Waals surface area contributed by atoms with Crippen molar-refractivity contribution in [3.05, 3.63) is 82.9 Å². The summed E-state index contributed by atoms with van der Waals surface area (Å²) in [5.41, 5.74) is 4.30. The van der Waals surface area contributed by atoms with Crippen molar-refractivity contribution < 1.29 is 22.7 Å². The lowest BCUT2D eigenvalue weighted by Gasteiger charge is -2.26. The van der Waals surface area contributed by atoms with Crippen LogP contribution in [0.2, 0.25) is 0 Å². The largest absolute Gasteiger partial charge is 0.486 e. The summed E-state index contributed by atoms with van der Waals surface area (Å²) in [5, 5.41) is 2.85. The average molecular weight is 467 g/mol. The number of hydrogen-bond donors (Lipinski definition) is 1. The Morgan fingerprint density at radius 1 is 0.939 bits per heavy atom. The van der Waals surface area contributed by atoms with E-state index in [2.05, 4.69) is 5.32 Å². The Morgan fingerprint density at radius 3 is 2.21 bits per heavy atom. The summed E-state index contributed by atoms with van der Waals surface area (Å²) >= 11 is 0. The molecule has 7 nitrogen and oxygen atoms in total. The summed E-state index contributed by atoms with van der Waals surface area (Å²) in [5.74, 6) is 0.984. The van der Waals surface area contributed by atoms with Crippen LogP contribution in [0.4, 0.5) is 11.4 Å². The third-order valence-corrected chi connectivity index (χ3v) is 6.54. The van der Waals surface area contributed by atoms with Crippen molar-refractivity contribution in [3.8, 4) is 11.5 Å². The highest BCUT2D eigenvalue weighted by molar-refractivity contribution is 7.92. The van der Waals surface area contributed by atoms with Crippen LogP contribution in [0, 0.1) is 13.8 Å². The summed E-state index contributed by atoms with van der Waals surface area (Å²) in [4.78, 5) is 12.7. The fourth-order valence-corrected chi connectivity index (χ4v) is 4.82. The first-order valence-corrected chi connectivity index (χ1v) is 12.4. The maximum Gasteiger partial charge on any atom is 0.255 e. The van der Waals surface area contributed by atoms with Gasteiger partial charge in [-0.2, -0.15) is 0 Å². The molecule has 1 aliphatic heterocycles. The predicted octanol–water partition coefficient (Wildman–Crippen LogP) is 4.29. The normalized spacial score (nSPS) is 12.8. The molecule has 0 spiro atoms.